The van der Waals surface area contributed by atoms with Crippen LogP contribution in [0.3, 0.4) is 0 Å². The summed E-state index contributed by atoms with van der Waals surface area (Å²) in [4.78, 5) is 11.8. The fraction of sp³-hybridized carbons (Fsp3) is 0.654. The Bertz CT molecular complexity index is 748. The Morgan fingerprint density at radius 2 is 1.87 bits per heavy atom. The highest BCUT2D eigenvalue weighted by atomic mass is 28.4. The van der Waals surface area contributed by atoms with E-state index in [1.54, 1.807) is 14.2 Å². The molecule has 0 bridgehead atoms. The number of carbonyl (C=O) groups is 1. The van der Waals surface area contributed by atoms with Crippen LogP contribution in [0.5, 0.6) is 11.5 Å². The van der Waals surface area contributed by atoms with E-state index in [9.17, 15) is 4.79 Å². The summed E-state index contributed by atoms with van der Waals surface area (Å²) in [5.74, 6) is 2.31. The molecule has 0 N–H and O–H groups in total. The molecule has 1 aromatic rings. The fourth-order valence-corrected chi connectivity index (χ4v) is 5.10. The molecule has 1 aliphatic rings. The van der Waals surface area contributed by atoms with Crippen LogP contribution in [0.1, 0.15) is 64.9 Å². The zero-order valence-electron chi connectivity index (χ0n) is 20.6. The molecule has 0 saturated heterocycles. The van der Waals surface area contributed by atoms with Gasteiger partial charge in [-0.2, -0.15) is 0 Å². The minimum absolute atomic E-state index is 0.0954. The van der Waals surface area contributed by atoms with Gasteiger partial charge in [0, 0.05) is 12.8 Å². The molecule has 2 rings (SSSR count). The molecule has 4 nitrogen and oxygen atoms in total. The highest BCUT2D eigenvalue weighted by Gasteiger charge is 2.38. The topological polar surface area (TPSA) is 44.8 Å². The Hall–Kier alpha value is -1.59. The van der Waals surface area contributed by atoms with E-state index in [4.69, 9.17) is 13.9 Å². The highest BCUT2D eigenvalue weighted by Crippen LogP contribution is 2.38. The molecule has 1 fully saturated rings. The second-order valence-corrected chi connectivity index (χ2v) is 15.0. The lowest BCUT2D eigenvalue weighted by atomic mass is 9.88. The van der Waals surface area contributed by atoms with E-state index in [0.717, 1.165) is 50.0 Å². The van der Waals surface area contributed by atoms with Crippen LogP contribution in [0.15, 0.2) is 30.4 Å². The summed E-state index contributed by atoms with van der Waals surface area (Å²) in [6.45, 7) is 11.5. The average Bonchev–Trinajstić information content (AvgIpc) is 2.70. The number of rotatable bonds is 10. The van der Waals surface area contributed by atoms with Gasteiger partial charge in [0.25, 0.3) is 0 Å². The number of carbonyl (C=O) groups excluding carboxylic acids is 1. The number of hydrogen-bond acceptors (Lipinski definition) is 4. The molecule has 31 heavy (non-hydrogen) atoms. The number of ether oxygens (including phenoxy) is 2. The average molecular weight is 447 g/mol. The molecule has 0 amide bonds. The number of benzene rings is 1. The minimum atomic E-state index is -1.88. The van der Waals surface area contributed by atoms with Crippen molar-refractivity contribution >= 4 is 14.1 Å². The van der Waals surface area contributed by atoms with Crippen LogP contribution < -0.4 is 9.47 Å². The van der Waals surface area contributed by atoms with Crippen molar-refractivity contribution in [3.8, 4) is 11.5 Å². The number of methoxy groups -OCH3 is 2. The normalized spacial score (nSPS) is 18.9. The van der Waals surface area contributed by atoms with Gasteiger partial charge < -0.3 is 13.9 Å². The summed E-state index contributed by atoms with van der Waals surface area (Å²) in [5, 5.41) is 0.170. The van der Waals surface area contributed by atoms with Crippen molar-refractivity contribution < 1.29 is 18.7 Å². The summed E-state index contributed by atoms with van der Waals surface area (Å²) >= 11 is 0. The van der Waals surface area contributed by atoms with Crippen LogP contribution in [0.2, 0.25) is 18.1 Å². The fourth-order valence-electron chi connectivity index (χ4n) is 3.80. The molecule has 1 saturated carbocycles. The van der Waals surface area contributed by atoms with E-state index in [1.165, 1.54) is 5.56 Å². The van der Waals surface area contributed by atoms with Gasteiger partial charge in [-0.15, -0.1) is 0 Å². The van der Waals surface area contributed by atoms with Gasteiger partial charge in [-0.05, 0) is 73.9 Å². The molecule has 0 aromatic heterocycles. The van der Waals surface area contributed by atoms with Crippen LogP contribution in [-0.2, 0) is 15.6 Å². The number of ketones is 1. The Kier molecular flexibility index (Phi) is 9.38. The zero-order valence-corrected chi connectivity index (χ0v) is 21.6. The van der Waals surface area contributed by atoms with Gasteiger partial charge in [0.2, 0.25) is 0 Å². The SMILES string of the molecule is COc1ccc(CCCC(/C=C/C2CCCC(=O)C2)O[Si](C)(C)C(C)(C)C)cc1OC. The minimum Gasteiger partial charge on any atom is -0.493 e. The Balaban J connectivity index is 2.04. The molecular formula is C26H42O4Si. The monoisotopic (exact) mass is 446 g/mol. The van der Waals surface area contributed by atoms with E-state index in [2.05, 4.69) is 58.2 Å². The maximum atomic E-state index is 11.8. The van der Waals surface area contributed by atoms with Crippen molar-refractivity contribution in [3.63, 3.8) is 0 Å². The largest absolute Gasteiger partial charge is 0.493 e. The van der Waals surface area contributed by atoms with Gasteiger partial charge in [0.05, 0.1) is 20.3 Å². The Morgan fingerprint density at radius 3 is 2.48 bits per heavy atom. The maximum absolute atomic E-state index is 11.8. The van der Waals surface area contributed by atoms with Crippen molar-refractivity contribution in [2.45, 2.75) is 90.0 Å². The summed E-state index contributed by atoms with van der Waals surface area (Å²) in [6.07, 6.45) is 11.1. The van der Waals surface area contributed by atoms with Crippen molar-refractivity contribution in [1.29, 1.82) is 0 Å². The molecule has 0 aliphatic heterocycles. The Labute approximate surface area is 190 Å². The first-order valence-electron chi connectivity index (χ1n) is 11.6. The molecular weight excluding hydrogens is 404 g/mol. The van der Waals surface area contributed by atoms with Gasteiger partial charge >= 0.3 is 0 Å². The summed E-state index contributed by atoms with van der Waals surface area (Å²) in [7, 11) is 1.45. The molecule has 0 heterocycles. The molecule has 174 valence electrons. The van der Waals surface area contributed by atoms with Crippen LogP contribution in [0, 0.1) is 5.92 Å². The van der Waals surface area contributed by atoms with Crippen LogP contribution in [-0.4, -0.2) is 34.4 Å². The van der Waals surface area contributed by atoms with Gasteiger partial charge in [-0.1, -0.05) is 39.0 Å². The smallest absolute Gasteiger partial charge is 0.192 e. The lowest BCUT2D eigenvalue weighted by Crippen LogP contribution is -2.43. The van der Waals surface area contributed by atoms with Crippen molar-refractivity contribution in [2.24, 2.45) is 5.92 Å². The van der Waals surface area contributed by atoms with Gasteiger partial charge in [-0.3, -0.25) is 4.79 Å². The van der Waals surface area contributed by atoms with Gasteiger partial charge in [0.15, 0.2) is 19.8 Å². The van der Waals surface area contributed by atoms with Crippen molar-refractivity contribution in [2.75, 3.05) is 14.2 Å². The third kappa shape index (κ3) is 7.80. The first-order chi connectivity index (χ1) is 14.6. The first kappa shape index (κ1) is 25.7. The third-order valence-electron chi connectivity index (χ3n) is 6.77. The predicted octanol–water partition coefficient (Wildman–Crippen LogP) is 6.73. The number of allylic oxidation sites excluding steroid dienone is 1. The summed E-state index contributed by atoms with van der Waals surface area (Å²) < 4.78 is 17.5. The third-order valence-corrected chi connectivity index (χ3v) is 11.3. The van der Waals surface area contributed by atoms with Crippen molar-refractivity contribution in [3.05, 3.63) is 35.9 Å². The lowest BCUT2D eigenvalue weighted by Gasteiger charge is -2.39. The molecule has 0 spiro atoms. The molecule has 5 heteroatoms. The first-order valence-corrected chi connectivity index (χ1v) is 14.6. The van der Waals surface area contributed by atoms with E-state index < -0.39 is 8.32 Å². The van der Waals surface area contributed by atoms with Crippen molar-refractivity contribution in [1.82, 2.24) is 0 Å². The number of Topliss-reactive ketones (excluding diaryl/α,β-unsaturated/α-hetero) is 1. The number of aryl methyl sites for hydroxylation is 1. The second-order valence-electron chi connectivity index (χ2n) is 10.3. The van der Waals surface area contributed by atoms with E-state index in [0.29, 0.717) is 18.1 Å². The van der Waals surface area contributed by atoms with Crippen LogP contribution in [0.25, 0.3) is 0 Å². The highest BCUT2D eigenvalue weighted by molar-refractivity contribution is 6.74. The Morgan fingerprint density at radius 1 is 1.16 bits per heavy atom. The van der Waals surface area contributed by atoms with E-state index >= 15 is 0 Å². The van der Waals surface area contributed by atoms with Crippen LogP contribution in [0.4, 0.5) is 0 Å². The number of hydrogen-bond donors (Lipinski definition) is 0. The van der Waals surface area contributed by atoms with E-state index in [1.807, 2.05) is 6.07 Å². The lowest BCUT2D eigenvalue weighted by molar-refractivity contribution is -0.121. The molecule has 1 aliphatic carbocycles. The van der Waals surface area contributed by atoms with Gasteiger partial charge in [-0.25, -0.2) is 0 Å². The summed E-state index contributed by atoms with van der Waals surface area (Å²) in [5.41, 5.74) is 1.24. The summed E-state index contributed by atoms with van der Waals surface area (Å²) in [6, 6.07) is 6.14. The molecule has 2 atom stereocenters. The molecule has 2 unspecified atom stereocenters. The quantitative estimate of drug-likeness (QED) is 0.295. The molecule has 0 radical (unpaired) electrons. The van der Waals surface area contributed by atoms with Gasteiger partial charge in [0.1, 0.15) is 5.78 Å². The van der Waals surface area contributed by atoms with E-state index in [-0.39, 0.29) is 11.1 Å². The predicted molar refractivity (Wildman–Crippen MR) is 131 cm³/mol. The second kappa shape index (κ2) is 11.3. The zero-order chi connectivity index (χ0) is 23.1. The standard InChI is InChI=1S/C26H42O4Si/c1-26(2,3)31(6,7)30-23(16-14-20-10-8-12-22(27)18-20)13-9-11-21-15-17-24(28-4)25(19-21)29-5/h14-17,19-20,23H,8-13,18H2,1-7H3/b16-14+. The maximum Gasteiger partial charge on any atom is 0.192 e. The molecule has 1 aromatic carbocycles. The van der Waals surface area contributed by atoms with Crippen LogP contribution >= 0.6 is 0 Å².